The molecule has 3 aliphatic carbocycles. The van der Waals surface area contributed by atoms with Crippen LogP contribution in [0.5, 0.6) is 0 Å². The second kappa shape index (κ2) is 8.60. The van der Waals surface area contributed by atoms with Gasteiger partial charge in [0.2, 0.25) is 11.8 Å². The van der Waals surface area contributed by atoms with Gasteiger partial charge in [0.05, 0.1) is 0 Å². The van der Waals surface area contributed by atoms with Crippen molar-refractivity contribution < 1.29 is 9.59 Å². The highest BCUT2D eigenvalue weighted by Crippen LogP contribution is 2.65. The first kappa shape index (κ1) is 22.7. The summed E-state index contributed by atoms with van der Waals surface area (Å²) in [5.74, 6) is 2.51. The quantitative estimate of drug-likeness (QED) is 0.645. The zero-order valence-corrected chi connectivity index (χ0v) is 20.6. The SMILES string of the molecule is CN1C(=O)C=C[C@]2(C)[C@H]3CC[C@]4(C)[C@@H](C(=O)NCCCc5ccccc5)CC[C@H]4[C@@H]3CC[C@@H]12. The number of carbonyl (C=O) groups excluding carboxylic acids is 2. The predicted molar refractivity (Wildman–Crippen MR) is 131 cm³/mol. The van der Waals surface area contributed by atoms with E-state index in [1.54, 1.807) is 0 Å². The average molecular weight is 449 g/mol. The average Bonchev–Trinajstić information content (AvgIpc) is 3.17. The van der Waals surface area contributed by atoms with Crippen LogP contribution in [0.2, 0.25) is 0 Å². The first-order chi connectivity index (χ1) is 15.8. The lowest BCUT2D eigenvalue weighted by molar-refractivity contribution is -0.142. The van der Waals surface area contributed by atoms with Crippen LogP contribution >= 0.6 is 0 Å². The lowest BCUT2D eigenvalue weighted by Gasteiger charge is -2.60. The van der Waals surface area contributed by atoms with E-state index in [-0.39, 0.29) is 28.6 Å². The van der Waals surface area contributed by atoms with Crippen LogP contribution in [0.15, 0.2) is 42.5 Å². The summed E-state index contributed by atoms with van der Waals surface area (Å²) in [5, 5.41) is 3.29. The molecule has 33 heavy (non-hydrogen) atoms. The number of likely N-dealkylation sites (N-methyl/N-ethyl adjacent to an activating group) is 1. The molecule has 1 aromatic rings. The molecule has 7 atom stereocenters. The van der Waals surface area contributed by atoms with Crippen LogP contribution in [0, 0.1) is 34.5 Å². The highest BCUT2D eigenvalue weighted by atomic mass is 16.2. The van der Waals surface area contributed by atoms with Crippen molar-refractivity contribution in [2.75, 3.05) is 13.6 Å². The summed E-state index contributed by atoms with van der Waals surface area (Å²) in [6.07, 6.45) is 12.9. The van der Waals surface area contributed by atoms with E-state index in [1.165, 1.54) is 24.8 Å². The number of hydrogen-bond donors (Lipinski definition) is 1. The Morgan fingerprint density at radius 1 is 1.06 bits per heavy atom. The predicted octanol–water partition coefficient (Wildman–Crippen LogP) is 4.99. The fourth-order valence-corrected chi connectivity index (χ4v) is 8.44. The van der Waals surface area contributed by atoms with Gasteiger partial charge in [0.15, 0.2) is 0 Å². The van der Waals surface area contributed by atoms with E-state index < -0.39 is 0 Å². The molecule has 4 nitrogen and oxygen atoms in total. The fourth-order valence-electron chi connectivity index (χ4n) is 8.44. The second-order valence-corrected chi connectivity index (χ2v) is 11.7. The molecule has 1 N–H and O–H groups in total. The number of nitrogens with one attached hydrogen (secondary N) is 1. The first-order valence-corrected chi connectivity index (χ1v) is 13.1. The van der Waals surface area contributed by atoms with Crippen molar-refractivity contribution in [2.24, 2.45) is 34.5 Å². The molecule has 1 heterocycles. The molecular formula is C29H40N2O2. The molecule has 178 valence electrons. The van der Waals surface area contributed by atoms with Crippen LogP contribution in [0.1, 0.15) is 64.4 Å². The van der Waals surface area contributed by atoms with E-state index in [1.807, 2.05) is 24.1 Å². The van der Waals surface area contributed by atoms with Gasteiger partial charge in [-0.25, -0.2) is 0 Å². The fraction of sp³-hybridized carbons (Fsp3) is 0.655. The summed E-state index contributed by atoms with van der Waals surface area (Å²) in [4.78, 5) is 27.6. The minimum absolute atomic E-state index is 0.0741. The van der Waals surface area contributed by atoms with Crippen molar-refractivity contribution in [2.45, 2.75) is 71.3 Å². The largest absolute Gasteiger partial charge is 0.356 e. The number of rotatable bonds is 5. The molecule has 2 amide bonds. The summed E-state index contributed by atoms with van der Waals surface area (Å²) >= 11 is 0. The topological polar surface area (TPSA) is 49.4 Å². The summed E-state index contributed by atoms with van der Waals surface area (Å²) in [6.45, 7) is 5.57. The van der Waals surface area contributed by atoms with Crippen LogP contribution in [0.3, 0.4) is 0 Å². The lowest BCUT2D eigenvalue weighted by atomic mass is 9.47. The Bertz CT molecular complexity index is 927. The number of amides is 2. The van der Waals surface area contributed by atoms with Gasteiger partial charge < -0.3 is 10.2 Å². The van der Waals surface area contributed by atoms with E-state index in [0.717, 1.165) is 38.6 Å². The number of carbonyl (C=O) groups is 2. The highest BCUT2D eigenvalue weighted by Gasteiger charge is 2.61. The van der Waals surface area contributed by atoms with E-state index in [9.17, 15) is 9.59 Å². The Balaban J connectivity index is 1.23. The molecule has 0 bridgehead atoms. The zero-order chi connectivity index (χ0) is 23.2. The van der Waals surface area contributed by atoms with Gasteiger partial charge in [0.1, 0.15) is 0 Å². The van der Waals surface area contributed by atoms with Crippen molar-refractivity contribution in [1.82, 2.24) is 10.2 Å². The molecule has 4 heteroatoms. The zero-order valence-electron chi connectivity index (χ0n) is 20.6. The number of fused-ring (bicyclic) bond motifs is 5. The van der Waals surface area contributed by atoms with Gasteiger partial charge in [-0.1, -0.05) is 50.3 Å². The molecule has 0 saturated heterocycles. The smallest absolute Gasteiger partial charge is 0.246 e. The van der Waals surface area contributed by atoms with Crippen molar-refractivity contribution >= 4 is 11.8 Å². The van der Waals surface area contributed by atoms with Crippen molar-refractivity contribution in [1.29, 1.82) is 0 Å². The Hall–Kier alpha value is -2.10. The third kappa shape index (κ3) is 3.74. The van der Waals surface area contributed by atoms with E-state index >= 15 is 0 Å². The standard InChI is InChI=1S/C29H40N2O2/c1-28-17-15-23-21(11-14-25-29(23,2)18-16-26(32)31(25)3)22(28)12-13-24(28)27(33)30-19-7-10-20-8-5-4-6-9-20/h4-6,8-9,16,18,21-25H,7,10-15,17,19H2,1-3H3,(H,30,33)/t21-,22-,23-,24+,25+,28-,29+/m0/s1. The molecule has 0 aromatic heterocycles. The van der Waals surface area contributed by atoms with E-state index in [0.29, 0.717) is 23.8 Å². The summed E-state index contributed by atoms with van der Waals surface area (Å²) in [7, 11) is 1.98. The third-order valence-corrected chi connectivity index (χ3v) is 10.2. The van der Waals surface area contributed by atoms with Gasteiger partial charge in [-0.05, 0) is 86.2 Å². The Morgan fingerprint density at radius 3 is 2.64 bits per heavy atom. The van der Waals surface area contributed by atoms with Crippen LogP contribution in [0.25, 0.3) is 0 Å². The molecule has 3 saturated carbocycles. The maximum absolute atomic E-state index is 13.3. The maximum Gasteiger partial charge on any atom is 0.246 e. The molecule has 1 aliphatic heterocycles. The van der Waals surface area contributed by atoms with Crippen LogP contribution < -0.4 is 5.32 Å². The van der Waals surface area contributed by atoms with Crippen molar-refractivity contribution in [3.05, 3.63) is 48.0 Å². The highest BCUT2D eigenvalue weighted by molar-refractivity contribution is 5.89. The van der Waals surface area contributed by atoms with Gasteiger partial charge >= 0.3 is 0 Å². The van der Waals surface area contributed by atoms with Gasteiger partial charge in [0.25, 0.3) is 0 Å². The summed E-state index contributed by atoms with van der Waals surface area (Å²) in [6, 6.07) is 10.9. The maximum atomic E-state index is 13.3. The van der Waals surface area contributed by atoms with Gasteiger partial charge in [-0.15, -0.1) is 0 Å². The van der Waals surface area contributed by atoms with Crippen LogP contribution in [-0.2, 0) is 16.0 Å². The van der Waals surface area contributed by atoms with Crippen molar-refractivity contribution in [3.63, 3.8) is 0 Å². The van der Waals surface area contributed by atoms with E-state index in [4.69, 9.17) is 0 Å². The lowest BCUT2D eigenvalue weighted by Crippen LogP contribution is -2.59. The Morgan fingerprint density at radius 2 is 1.85 bits per heavy atom. The molecule has 5 rings (SSSR count). The summed E-state index contributed by atoms with van der Waals surface area (Å²) < 4.78 is 0. The number of benzene rings is 1. The molecule has 3 fully saturated rings. The Kier molecular flexibility index (Phi) is 5.91. The number of aryl methyl sites for hydroxylation is 1. The molecular weight excluding hydrogens is 408 g/mol. The number of hydrogen-bond acceptors (Lipinski definition) is 2. The monoisotopic (exact) mass is 448 g/mol. The normalized spacial score (nSPS) is 39.5. The Labute approximate surface area is 199 Å². The molecule has 0 radical (unpaired) electrons. The summed E-state index contributed by atoms with van der Waals surface area (Å²) in [5.41, 5.74) is 1.53. The van der Waals surface area contributed by atoms with Gasteiger partial charge in [0, 0.05) is 31.0 Å². The molecule has 0 spiro atoms. The van der Waals surface area contributed by atoms with E-state index in [2.05, 4.69) is 49.5 Å². The number of nitrogens with zero attached hydrogens (tertiary/aromatic N) is 1. The molecule has 0 unspecified atom stereocenters. The van der Waals surface area contributed by atoms with Gasteiger partial charge in [-0.2, -0.15) is 0 Å². The van der Waals surface area contributed by atoms with Crippen LogP contribution in [-0.4, -0.2) is 36.3 Å². The van der Waals surface area contributed by atoms with Gasteiger partial charge in [-0.3, -0.25) is 9.59 Å². The molecule has 1 aromatic carbocycles. The molecule has 4 aliphatic rings. The first-order valence-electron chi connectivity index (χ1n) is 13.1. The van der Waals surface area contributed by atoms with Crippen LogP contribution in [0.4, 0.5) is 0 Å². The minimum atomic E-state index is 0.0741. The second-order valence-electron chi connectivity index (χ2n) is 11.7. The minimum Gasteiger partial charge on any atom is -0.356 e. The van der Waals surface area contributed by atoms with Crippen molar-refractivity contribution in [3.8, 4) is 0 Å². The third-order valence-electron chi connectivity index (χ3n) is 10.2.